The Morgan fingerprint density at radius 1 is 1.26 bits per heavy atom. The van der Waals surface area contributed by atoms with Gasteiger partial charge in [0.05, 0.1) is 18.3 Å². The van der Waals surface area contributed by atoms with Gasteiger partial charge >= 0.3 is 0 Å². The summed E-state index contributed by atoms with van der Waals surface area (Å²) >= 11 is 1.73. The Morgan fingerprint density at radius 2 is 2.00 bits per heavy atom. The highest BCUT2D eigenvalue weighted by Crippen LogP contribution is 2.26. The smallest absolute Gasteiger partial charge is 0.191 e. The Balaban J connectivity index is 0.00000261. The van der Waals surface area contributed by atoms with Crippen LogP contribution in [0, 0.1) is 20.8 Å². The monoisotopic (exact) mass is 503 g/mol. The van der Waals surface area contributed by atoms with Crippen molar-refractivity contribution < 1.29 is 4.42 Å². The molecule has 3 rings (SSSR count). The first kappa shape index (κ1) is 22.2. The van der Waals surface area contributed by atoms with Gasteiger partial charge in [0.1, 0.15) is 16.5 Å². The van der Waals surface area contributed by atoms with Crippen LogP contribution in [-0.4, -0.2) is 42.5 Å². The zero-order valence-electron chi connectivity index (χ0n) is 16.5. The fourth-order valence-electron chi connectivity index (χ4n) is 3.28. The highest BCUT2D eigenvalue weighted by atomic mass is 127. The Morgan fingerprint density at radius 3 is 2.56 bits per heavy atom. The molecule has 6 nitrogen and oxygen atoms in total. The number of nitrogens with one attached hydrogen (secondary N) is 2. The number of likely N-dealkylation sites (tertiary alicyclic amines) is 1. The van der Waals surface area contributed by atoms with Crippen molar-refractivity contribution in [2.75, 3.05) is 26.7 Å². The molecule has 3 heterocycles. The largest absolute Gasteiger partial charge is 0.465 e. The molecule has 150 valence electrons. The molecule has 1 unspecified atom stereocenters. The summed E-state index contributed by atoms with van der Waals surface area (Å²) in [4.78, 5) is 12.7. The highest BCUT2D eigenvalue weighted by molar-refractivity contribution is 14.0. The first-order valence-electron chi connectivity index (χ1n) is 9.24. The highest BCUT2D eigenvalue weighted by Gasteiger charge is 2.26. The van der Waals surface area contributed by atoms with E-state index >= 15 is 0 Å². The van der Waals surface area contributed by atoms with Gasteiger partial charge in [-0.05, 0) is 58.8 Å². The van der Waals surface area contributed by atoms with Gasteiger partial charge in [0, 0.05) is 18.5 Å². The van der Waals surface area contributed by atoms with Gasteiger partial charge in [0.25, 0.3) is 0 Å². The molecular formula is C19H30IN5OS. The quantitative estimate of drug-likeness (QED) is 0.357. The maximum atomic E-state index is 5.92. The molecule has 0 saturated carbocycles. The molecule has 1 saturated heterocycles. The zero-order chi connectivity index (χ0) is 18.5. The first-order chi connectivity index (χ1) is 12.6. The molecule has 0 spiro atoms. The Bertz CT molecular complexity index is 732. The van der Waals surface area contributed by atoms with Crippen LogP contribution in [0.2, 0.25) is 0 Å². The summed E-state index contributed by atoms with van der Waals surface area (Å²) in [5.74, 6) is 2.78. The molecule has 0 bridgehead atoms. The Labute approximate surface area is 182 Å². The van der Waals surface area contributed by atoms with E-state index in [2.05, 4.69) is 38.5 Å². The predicted octanol–water partition coefficient (Wildman–Crippen LogP) is 3.78. The molecule has 8 heteroatoms. The number of aromatic nitrogens is 1. The first-order valence-corrected chi connectivity index (χ1v) is 10.1. The van der Waals surface area contributed by atoms with Crippen LogP contribution in [0.3, 0.4) is 0 Å². The second kappa shape index (κ2) is 10.4. The third-order valence-electron chi connectivity index (χ3n) is 4.84. The number of thiazole rings is 1. The minimum atomic E-state index is 0. The minimum absolute atomic E-state index is 0. The average Bonchev–Trinajstić information content (AvgIpc) is 3.35. The summed E-state index contributed by atoms with van der Waals surface area (Å²) < 4.78 is 5.92. The lowest BCUT2D eigenvalue weighted by Gasteiger charge is -2.26. The zero-order valence-corrected chi connectivity index (χ0v) is 19.7. The lowest BCUT2D eigenvalue weighted by Crippen LogP contribution is -2.42. The molecule has 1 atom stereocenters. The Kier molecular flexibility index (Phi) is 8.56. The molecule has 27 heavy (non-hydrogen) atoms. The van der Waals surface area contributed by atoms with Crippen LogP contribution in [0.25, 0.3) is 0 Å². The van der Waals surface area contributed by atoms with Crippen molar-refractivity contribution in [3.05, 3.63) is 39.2 Å². The molecule has 0 radical (unpaired) electrons. The van der Waals surface area contributed by atoms with Gasteiger partial charge in [0.15, 0.2) is 5.96 Å². The van der Waals surface area contributed by atoms with E-state index in [-0.39, 0.29) is 30.0 Å². The number of hydrogen-bond acceptors (Lipinski definition) is 5. The third kappa shape index (κ3) is 5.92. The molecule has 0 aliphatic carbocycles. The summed E-state index contributed by atoms with van der Waals surface area (Å²) in [6.07, 6.45) is 2.51. The van der Waals surface area contributed by atoms with Gasteiger partial charge in [-0.1, -0.05) is 0 Å². The van der Waals surface area contributed by atoms with Crippen molar-refractivity contribution >= 4 is 41.3 Å². The maximum Gasteiger partial charge on any atom is 0.191 e. The molecule has 2 N–H and O–H groups in total. The Hall–Kier alpha value is -1.13. The molecule has 0 amide bonds. The number of aryl methyl sites for hydroxylation is 3. The van der Waals surface area contributed by atoms with Crippen LogP contribution < -0.4 is 10.6 Å². The number of hydrogen-bond donors (Lipinski definition) is 2. The lowest BCUT2D eigenvalue weighted by atomic mass is 10.2. The number of rotatable bonds is 6. The van der Waals surface area contributed by atoms with Crippen molar-refractivity contribution in [2.24, 2.45) is 4.99 Å². The summed E-state index contributed by atoms with van der Waals surface area (Å²) in [5.41, 5.74) is 1.11. The number of aliphatic imine (C=N–C) groups is 1. The van der Waals surface area contributed by atoms with E-state index in [0.29, 0.717) is 6.54 Å². The van der Waals surface area contributed by atoms with E-state index in [1.807, 2.05) is 19.9 Å². The van der Waals surface area contributed by atoms with Gasteiger partial charge in [-0.15, -0.1) is 35.3 Å². The molecule has 2 aromatic heterocycles. The SMILES string of the molecule is CN=C(NCc1nc(C)c(C)s1)NCC(c1ccc(C)o1)N1CCCC1.I. The number of halogens is 1. The van der Waals surface area contributed by atoms with Gasteiger partial charge in [-0.2, -0.15) is 0 Å². The van der Waals surface area contributed by atoms with E-state index in [0.717, 1.165) is 47.8 Å². The third-order valence-corrected chi connectivity index (χ3v) is 5.91. The second-order valence-corrected chi connectivity index (χ2v) is 8.05. The topological polar surface area (TPSA) is 65.7 Å². The van der Waals surface area contributed by atoms with Crippen LogP contribution in [0.1, 0.15) is 46.0 Å². The maximum absolute atomic E-state index is 5.92. The van der Waals surface area contributed by atoms with Gasteiger partial charge in [-0.25, -0.2) is 4.98 Å². The minimum Gasteiger partial charge on any atom is -0.465 e. The molecule has 1 aliphatic rings. The molecule has 1 fully saturated rings. The fourth-order valence-corrected chi connectivity index (χ4v) is 4.16. The van der Waals surface area contributed by atoms with E-state index in [1.54, 1.807) is 18.4 Å². The standard InChI is InChI=1S/C19H29N5OS.HI/c1-13-7-8-17(25-13)16(24-9-5-6-10-24)11-21-19(20-4)22-12-18-23-14(2)15(3)26-18;/h7-8,16H,5-6,9-12H2,1-4H3,(H2,20,21,22);1H. The summed E-state index contributed by atoms with van der Waals surface area (Å²) in [5, 5.41) is 7.91. The molecule has 2 aromatic rings. The number of nitrogens with zero attached hydrogens (tertiary/aromatic N) is 3. The summed E-state index contributed by atoms with van der Waals surface area (Å²) in [6.45, 7) is 9.85. The van der Waals surface area contributed by atoms with Crippen molar-refractivity contribution in [1.29, 1.82) is 0 Å². The summed E-state index contributed by atoms with van der Waals surface area (Å²) in [7, 11) is 1.80. The lowest BCUT2D eigenvalue weighted by molar-refractivity contribution is 0.213. The molecular weight excluding hydrogens is 473 g/mol. The predicted molar refractivity (Wildman–Crippen MR) is 122 cm³/mol. The second-order valence-electron chi connectivity index (χ2n) is 6.76. The van der Waals surface area contributed by atoms with Crippen LogP contribution in [-0.2, 0) is 6.54 Å². The van der Waals surface area contributed by atoms with E-state index in [1.165, 1.54) is 17.7 Å². The van der Waals surface area contributed by atoms with E-state index in [9.17, 15) is 0 Å². The summed E-state index contributed by atoms with van der Waals surface area (Å²) in [6, 6.07) is 4.37. The van der Waals surface area contributed by atoms with Crippen LogP contribution in [0.5, 0.6) is 0 Å². The van der Waals surface area contributed by atoms with Crippen molar-refractivity contribution in [2.45, 2.75) is 46.2 Å². The van der Waals surface area contributed by atoms with Crippen LogP contribution in [0.15, 0.2) is 21.5 Å². The van der Waals surface area contributed by atoms with Crippen molar-refractivity contribution in [3.63, 3.8) is 0 Å². The van der Waals surface area contributed by atoms with E-state index in [4.69, 9.17) is 4.42 Å². The van der Waals surface area contributed by atoms with Crippen molar-refractivity contribution in [1.82, 2.24) is 20.5 Å². The van der Waals surface area contributed by atoms with E-state index < -0.39 is 0 Å². The number of furan rings is 1. The van der Waals surface area contributed by atoms with Crippen LogP contribution >= 0.6 is 35.3 Å². The average molecular weight is 503 g/mol. The van der Waals surface area contributed by atoms with Crippen molar-refractivity contribution in [3.8, 4) is 0 Å². The van der Waals surface area contributed by atoms with Gasteiger partial charge < -0.3 is 15.1 Å². The van der Waals surface area contributed by atoms with Gasteiger partial charge in [-0.3, -0.25) is 9.89 Å². The fraction of sp³-hybridized carbons (Fsp3) is 0.579. The number of guanidine groups is 1. The molecule has 1 aliphatic heterocycles. The van der Waals surface area contributed by atoms with Gasteiger partial charge in [0.2, 0.25) is 0 Å². The normalized spacial score (nSPS) is 16.2. The molecule has 0 aromatic carbocycles. The van der Waals surface area contributed by atoms with Crippen LogP contribution in [0.4, 0.5) is 0 Å².